The van der Waals surface area contributed by atoms with Crippen molar-refractivity contribution in [3.05, 3.63) is 41.5 Å². The van der Waals surface area contributed by atoms with Crippen LogP contribution in [0.3, 0.4) is 0 Å². The molecule has 7 nitrogen and oxygen atoms in total. The van der Waals surface area contributed by atoms with Gasteiger partial charge in [-0.05, 0) is 43.4 Å². The predicted molar refractivity (Wildman–Crippen MR) is 92.1 cm³/mol. The van der Waals surface area contributed by atoms with E-state index in [1.807, 2.05) is 17.9 Å². The Morgan fingerprint density at radius 1 is 1.52 bits per heavy atom. The highest BCUT2D eigenvalue weighted by Crippen LogP contribution is 2.22. The van der Waals surface area contributed by atoms with Crippen molar-refractivity contribution < 1.29 is 14.4 Å². The first-order valence-corrected chi connectivity index (χ1v) is 8.65. The maximum Gasteiger partial charge on any atom is 0.317 e. The van der Waals surface area contributed by atoms with Gasteiger partial charge in [0, 0.05) is 26.4 Å². The third-order valence-corrected chi connectivity index (χ3v) is 4.56. The summed E-state index contributed by atoms with van der Waals surface area (Å²) in [7, 11) is 0. The Kier molecular flexibility index (Phi) is 5.21. The van der Waals surface area contributed by atoms with Crippen LogP contribution in [0, 0.1) is 12.8 Å². The van der Waals surface area contributed by atoms with Crippen molar-refractivity contribution in [2.75, 3.05) is 13.1 Å². The number of phenols is 1. The minimum absolute atomic E-state index is 0.0789. The number of benzene rings is 1. The number of carbonyl (C=O) groups is 1. The summed E-state index contributed by atoms with van der Waals surface area (Å²) < 4.78 is 5.02. The topological polar surface area (TPSA) is 91.5 Å². The Bertz CT molecular complexity index is 731. The van der Waals surface area contributed by atoms with Crippen molar-refractivity contribution in [1.29, 1.82) is 0 Å². The molecule has 1 saturated heterocycles. The second-order valence-electron chi connectivity index (χ2n) is 6.65. The fourth-order valence-electron chi connectivity index (χ4n) is 3.25. The number of aromatic nitrogens is 2. The number of nitrogens with zero attached hydrogens (tertiary/aromatic N) is 3. The van der Waals surface area contributed by atoms with Crippen molar-refractivity contribution in [2.24, 2.45) is 5.92 Å². The summed E-state index contributed by atoms with van der Waals surface area (Å²) in [5.74, 6) is 1.82. The van der Waals surface area contributed by atoms with Crippen molar-refractivity contribution in [3.63, 3.8) is 0 Å². The van der Waals surface area contributed by atoms with Gasteiger partial charge in [-0.1, -0.05) is 17.3 Å². The number of carbonyl (C=O) groups excluding carboxylic acids is 1. The van der Waals surface area contributed by atoms with Crippen LogP contribution in [0.2, 0.25) is 0 Å². The molecule has 0 saturated carbocycles. The molecule has 2 atom stereocenters. The molecule has 0 aliphatic carbocycles. The third-order valence-electron chi connectivity index (χ3n) is 4.56. The van der Waals surface area contributed by atoms with Crippen LogP contribution in [-0.2, 0) is 6.42 Å². The number of likely N-dealkylation sites (tertiary alicyclic amines) is 1. The van der Waals surface area contributed by atoms with E-state index < -0.39 is 0 Å². The van der Waals surface area contributed by atoms with Gasteiger partial charge >= 0.3 is 6.03 Å². The van der Waals surface area contributed by atoms with Gasteiger partial charge in [0.15, 0.2) is 5.82 Å². The maximum absolute atomic E-state index is 12.6. The fourth-order valence-corrected chi connectivity index (χ4v) is 3.25. The highest BCUT2D eigenvalue weighted by atomic mass is 16.5. The number of aromatic hydroxyl groups is 1. The zero-order valence-corrected chi connectivity index (χ0v) is 14.6. The summed E-state index contributed by atoms with van der Waals surface area (Å²) in [6.45, 7) is 5.13. The number of phenolic OH excluding ortho intramolecular Hbond substituents is 1. The Labute approximate surface area is 147 Å². The normalized spacial score (nSPS) is 18.8. The number of rotatable bonds is 4. The molecule has 0 spiro atoms. The predicted octanol–water partition coefficient (Wildman–Crippen LogP) is 2.81. The average Bonchev–Trinajstić information content (AvgIpc) is 3.00. The number of nitrogens with one attached hydrogen (secondary N) is 1. The van der Waals surface area contributed by atoms with E-state index in [1.165, 1.54) is 0 Å². The van der Waals surface area contributed by atoms with Crippen LogP contribution in [-0.4, -0.2) is 39.3 Å². The van der Waals surface area contributed by atoms with E-state index in [2.05, 4.69) is 15.5 Å². The quantitative estimate of drug-likeness (QED) is 0.890. The molecular weight excluding hydrogens is 320 g/mol. The number of aryl methyl sites for hydroxylation is 1. The van der Waals surface area contributed by atoms with E-state index in [0.717, 1.165) is 31.4 Å². The lowest BCUT2D eigenvalue weighted by Crippen LogP contribution is -2.46. The molecule has 2 heterocycles. The highest BCUT2D eigenvalue weighted by Gasteiger charge is 2.26. The molecule has 2 aromatic rings. The van der Waals surface area contributed by atoms with Gasteiger partial charge in [0.25, 0.3) is 0 Å². The molecule has 1 aromatic heterocycles. The number of urea groups is 1. The van der Waals surface area contributed by atoms with E-state index in [9.17, 15) is 9.90 Å². The first-order valence-electron chi connectivity index (χ1n) is 8.65. The first-order chi connectivity index (χ1) is 12.0. The summed E-state index contributed by atoms with van der Waals surface area (Å²) in [4.78, 5) is 18.7. The Morgan fingerprint density at radius 2 is 2.36 bits per heavy atom. The van der Waals surface area contributed by atoms with Crippen LogP contribution in [0.5, 0.6) is 5.75 Å². The van der Waals surface area contributed by atoms with Gasteiger partial charge in [0.2, 0.25) is 5.89 Å². The number of amides is 2. The molecular formula is C18H24N4O3. The van der Waals surface area contributed by atoms with Crippen LogP contribution < -0.4 is 5.32 Å². The SMILES string of the molecule is Cc1nc(CC2CCCN(C(=O)N[C@@H](C)c3cccc(O)c3)C2)no1. The molecule has 0 radical (unpaired) electrons. The largest absolute Gasteiger partial charge is 0.508 e. The average molecular weight is 344 g/mol. The third kappa shape index (κ3) is 4.49. The van der Waals surface area contributed by atoms with Crippen LogP contribution in [0.1, 0.15) is 43.1 Å². The minimum Gasteiger partial charge on any atom is -0.508 e. The lowest BCUT2D eigenvalue weighted by Gasteiger charge is -2.33. The smallest absolute Gasteiger partial charge is 0.317 e. The van der Waals surface area contributed by atoms with Gasteiger partial charge in [-0.15, -0.1) is 0 Å². The van der Waals surface area contributed by atoms with E-state index in [0.29, 0.717) is 24.2 Å². The van der Waals surface area contributed by atoms with Crippen LogP contribution >= 0.6 is 0 Å². The maximum atomic E-state index is 12.6. The Balaban J connectivity index is 1.56. The van der Waals surface area contributed by atoms with Gasteiger partial charge in [-0.3, -0.25) is 0 Å². The van der Waals surface area contributed by atoms with Crippen molar-refractivity contribution in [2.45, 2.75) is 39.2 Å². The van der Waals surface area contributed by atoms with Gasteiger partial charge in [-0.2, -0.15) is 4.98 Å². The van der Waals surface area contributed by atoms with Gasteiger partial charge in [0.05, 0.1) is 6.04 Å². The molecule has 25 heavy (non-hydrogen) atoms. The second kappa shape index (κ2) is 7.55. The lowest BCUT2D eigenvalue weighted by molar-refractivity contribution is 0.161. The summed E-state index contributed by atoms with van der Waals surface area (Å²) in [5.41, 5.74) is 0.879. The summed E-state index contributed by atoms with van der Waals surface area (Å²) in [6, 6.07) is 6.71. The van der Waals surface area contributed by atoms with Crippen molar-refractivity contribution >= 4 is 6.03 Å². The molecule has 0 bridgehead atoms. The molecule has 134 valence electrons. The molecule has 1 aliphatic heterocycles. The van der Waals surface area contributed by atoms with Gasteiger partial charge in [0.1, 0.15) is 5.75 Å². The summed E-state index contributed by atoms with van der Waals surface area (Å²) >= 11 is 0. The molecule has 7 heteroatoms. The van der Waals surface area contributed by atoms with Crippen molar-refractivity contribution in [1.82, 2.24) is 20.4 Å². The van der Waals surface area contributed by atoms with E-state index >= 15 is 0 Å². The number of hydrogen-bond acceptors (Lipinski definition) is 5. The highest BCUT2D eigenvalue weighted by molar-refractivity contribution is 5.74. The monoisotopic (exact) mass is 344 g/mol. The summed E-state index contributed by atoms with van der Waals surface area (Å²) in [5, 5.41) is 16.5. The number of hydrogen-bond donors (Lipinski definition) is 2. The van der Waals surface area contributed by atoms with Gasteiger partial charge < -0.3 is 19.8 Å². The van der Waals surface area contributed by atoms with Crippen LogP contribution in [0.4, 0.5) is 4.79 Å². The zero-order chi connectivity index (χ0) is 17.8. The Hall–Kier alpha value is -2.57. The van der Waals surface area contributed by atoms with Crippen molar-refractivity contribution in [3.8, 4) is 5.75 Å². The molecule has 2 amide bonds. The minimum atomic E-state index is -0.167. The van der Waals surface area contributed by atoms with Crippen LogP contribution in [0.25, 0.3) is 0 Å². The molecule has 1 aromatic carbocycles. The molecule has 3 rings (SSSR count). The number of piperidine rings is 1. The lowest BCUT2D eigenvalue weighted by atomic mass is 9.94. The van der Waals surface area contributed by atoms with Gasteiger partial charge in [-0.25, -0.2) is 4.79 Å². The standard InChI is InChI=1S/C18H24N4O3/c1-12(15-6-3-7-16(23)10-15)19-18(24)22-8-4-5-14(11-22)9-17-20-13(2)25-21-17/h3,6-7,10,12,14,23H,4-5,8-9,11H2,1-2H3,(H,19,24)/t12-,14?/m0/s1. The molecule has 1 fully saturated rings. The van der Waals surface area contributed by atoms with E-state index in [4.69, 9.17) is 4.52 Å². The Morgan fingerprint density at radius 3 is 3.08 bits per heavy atom. The fraction of sp³-hybridized carbons (Fsp3) is 0.500. The molecule has 1 unspecified atom stereocenters. The second-order valence-corrected chi connectivity index (χ2v) is 6.65. The molecule has 1 aliphatic rings. The zero-order valence-electron chi connectivity index (χ0n) is 14.6. The summed E-state index contributed by atoms with van der Waals surface area (Å²) in [6.07, 6.45) is 2.75. The first kappa shape index (κ1) is 17.3. The van der Waals surface area contributed by atoms with E-state index in [1.54, 1.807) is 25.1 Å². The van der Waals surface area contributed by atoms with E-state index in [-0.39, 0.29) is 17.8 Å². The molecule has 2 N–H and O–H groups in total. The van der Waals surface area contributed by atoms with Crippen LogP contribution in [0.15, 0.2) is 28.8 Å².